The van der Waals surface area contributed by atoms with Crippen molar-refractivity contribution in [3.8, 4) is 11.1 Å². The average molecular weight is 447 g/mol. The van der Waals surface area contributed by atoms with Gasteiger partial charge in [0.15, 0.2) is 0 Å². The van der Waals surface area contributed by atoms with E-state index in [0.29, 0.717) is 0 Å². The second-order valence-corrected chi connectivity index (χ2v) is 27.4. The van der Waals surface area contributed by atoms with Crippen molar-refractivity contribution in [1.82, 2.24) is 0 Å². The van der Waals surface area contributed by atoms with E-state index >= 15 is 0 Å². The molecular formula is C27H38Si3. The molecule has 3 heteroatoms. The summed E-state index contributed by atoms with van der Waals surface area (Å²) in [6.07, 6.45) is 9.12. The lowest BCUT2D eigenvalue weighted by atomic mass is 9.94. The van der Waals surface area contributed by atoms with Crippen LogP contribution in [0.2, 0.25) is 58.9 Å². The molecule has 0 saturated carbocycles. The summed E-state index contributed by atoms with van der Waals surface area (Å²) in [4.78, 5) is 0. The Hall–Kier alpha value is -1.43. The quantitative estimate of drug-likeness (QED) is 0.416. The summed E-state index contributed by atoms with van der Waals surface area (Å²) in [7, 11) is -4.49. The van der Waals surface area contributed by atoms with E-state index in [-0.39, 0.29) is 0 Å². The van der Waals surface area contributed by atoms with Gasteiger partial charge in [0.1, 0.15) is 0 Å². The minimum absolute atomic E-state index is 1.08. The van der Waals surface area contributed by atoms with Crippen LogP contribution >= 0.6 is 0 Å². The van der Waals surface area contributed by atoms with Crippen molar-refractivity contribution < 1.29 is 0 Å². The first-order valence-electron chi connectivity index (χ1n) is 11.5. The normalized spacial score (nSPS) is 16.0. The van der Waals surface area contributed by atoms with Gasteiger partial charge in [0.05, 0.1) is 24.2 Å². The predicted molar refractivity (Wildman–Crippen MR) is 145 cm³/mol. The zero-order valence-corrected chi connectivity index (χ0v) is 23.5. The van der Waals surface area contributed by atoms with Crippen LogP contribution in [0.25, 0.3) is 16.7 Å². The van der Waals surface area contributed by atoms with Gasteiger partial charge in [-0.1, -0.05) is 117 Å². The summed E-state index contributed by atoms with van der Waals surface area (Å²) in [5, 5.41) is 5.16. The molecule has 0 atom stereocenters. The third-order valence-corrected chi connectivity index (χ3v) is 13.0. The lowest BCUT2D eigenvalue weighted by Gasteiger charge is -2.33. The molecule has 2 aliphatic rings. The van der Waals surface area contributed by atoms with Crippen molar-refractivity contribution in [3.05, 3.63) is 59.2 Å². The number of rotatable bonds is 4. The number of fused-ring (bicyclic) bond motifs is 3. The van der Waals surface area contributed by atoms with Crippen LogP contribution < -0.4 is 15.6 Å². The van der Waals surface area contributed by atoms with Crippen LogP contribution in [0.4, 0.5) is 0 Å². The third kappa shape index (κ3) is 3.59. The van der Waals surface area contributed by atoms with E-state index in [2.05, 4.69) is 101 Å². The maximum Gasteiger partial charge on any atom is 0.0784 e. The summed E-state index contributed by atoms with van der Waals surface area (Å²) in [5.41, 5.74) is 9.58. The Morgan fingerprint density at radius 1 is 0.733 bits per heavy atom. The standard InChI is InChI=1S/C27H38Si3/c1-28(2,3)23-16-12-15-20-17-22-21(19-13-10-11-14-19)18-24(29(4,5)6)27(30(7,8)9)26(22)25(20)23/h10-13,15-16,18H,14,17H2,1-9H3. The molecule has 0 nitrogen and oxygen atoms in total. The van der Waals surface area contributed by atoms with Gasteiger partial charge < -0.3 is 0 Å². The van der Waals surface area contributed by atoms with Crippen LogP contribution in [0.15, 0.2) is 42.5 Å². The van der Waals surface area contributed by atoms with Gasteiger partial charge in [-0.05, 0) is 46.2 Å². The fraction of sp³-hybridized carbons (Fsp3) is 0.407. The Balaban J connectivity index is 2.18. The zero-order valence-electron chi connectivity index (χ0n) is 20.5. The summed E-state index contributed by atoms with van der Waals surface area (Å²) in [6, 6.07) is 9.83. The molecule has 4 rings (SSSR count). The molecule has 0 aromatic heterocycles. The van der Waals surface area contributed by atoms with E-state index < -0.39 is 24.2 Å². The Labute approximate surface area is 187 Å². The minimum atomic E-state index is -1.54. The minimum Gasteiger partial charge on any atom is -0.0801 e. The maximum absolute atomic E-state index is 2.65. The van der Waals surface area contributed by atoms with Crippen LogP contribution in [0.1, 0.15) is 23.1 Å². The van der Waals surface area contributed by atoms with Gasteiger partial charge in [-0.15, -0.1) is 0 Å². The molecule has 0 unspecified atom stereocenters. The lowest BCUT2D eigenvalue weighted by molar-refractivity contribution is 1.24. The monoisotopic (exact) mass is 446 g/mol. The molecule has 0 bridgehead atoms. The van der Waals surface area contributed by atoms with Gasteiger partial charge in [0.2, 0.25) is 0 Å². The summed E-state index contributed by atoms with van der Waals surface area (Å²) in [6.45, 7) is 22.9. The van der Waals surface area contributed by atoms with Crippen molar-refractivity contribution in [2.24, 2.45) is 0 Å². The van der Waals surface area contributed by atoms with E-state index in [1.165, 1.54) is 5.57 Å². The van der Waals surface area contributed by atoms with Crippen molar-refractivity contribution in [3.63, 3.8) is 0 Å². The third-order valence-electron chi connectivity index (χ3n) is 6.69. The van der Waals surface area contributed by atoms with Gasteiger partial charge in [-0.2, -0.15) is 0 Å². The van der Waals surface area contributed by atoms with Gasteiger partial charge in [0, 0.05) is 0 Å². The second kappa shape index (κ2) is 7.04. The van der Waals surface area contributed by atoms with Crippen molar-refractivity contribution in [1.29, 1.82) is 0 Å². The molecule has 0 fully saturated rings. The van der Waals surface area contributed by atoms with Crippen LogP contribution in [0.3, 0.4) is 0 Å². The fourth-order valence-corrected chi connectivity index (χ4v) is 12.6. The molecule has 30 heavy (non-hydrogen) atoms. The van der Waals surface area contributed by atoms with Gasteiger partial charge in [-0.3, -0.25) is 0 Å². The number of allylic oxidation sites excluding steroid dienone is 4. The predicted octanol–water partition coefficient (Wildman–Crippen LogP) is 6.24. The van der Waals surface area contributed by atoms with Crippen LogP contribution in [-0.2, 0) is 6.42 Å². The lowest BCUT2D eigenvalue weighted by Crippen LogP contribution is -2.57. The van der Waals surface area contributed by atoms with Gasteiger partial charge in [-0.25, -0.2) is 0 Å². The Bertz CT molecular complexity index is 1080. The molecule has 0 N–H and O–H groups in total. The second-order valence-electron chi connectivity index (χ2n) is 12.3. The number of benzene rings is 2. The van der Waals surface area contributed by atoms with Crippen molar-refractivity contribution in [2.45, 2.75) is 71.8 Å². The number of hydrogen-bond donors (Lipinski definition) is 0. The van der Waals surface area contributed by atoms with Crippen LogP contribution in [0.5, 0.6) is 0 Å². The van der Waals surface area contributed by atoms with E-state index in [1.807, 2.05) is 0 Å². The van der Waals surface area contributed by atoms with Gasteiger partial charge >= 0.3 is 0 Å². The summed E-state index contributed by atoms with van der Waals surface area (Å²) < 4.78 is 0. The molecule has 2 aromatic rings. The highest BCUT2D eigenvalue weighted by Crippen LogP contribution is 2.41. The van der Waals surface area contributed by atoms with Crippen LogP contribution in [0, 0.1) is 0 Å². The SMILES string of the molecule is C[Si](C)(C)c1cccc2c1-c1c(c(C3=CC=CC3)cc([Si](C)(C)C)c1[Si](C)(C)C)C2. The first kappa shape index (κ1) is 21.8. The average Bonchev–Trinajstić information content (AvgIpc) is 3.25. The maximum atomic E-state index is 2.65. The van der Waals surface area contributed by atoms with E-state index in [0.717, 1.165) is 12.8 Å². The zero-order chi connectivity index (χ0) is 22.1. The molecule has 0 amide bonds. The summed E-state index contributed by atoms with van der Waals surface area (Å²) in [5.74, 6) is 0. The molecular weight excluding hydrogens is 409 g/mol. The van der Waals surface area contributed by atoms with Gasteiger partial charge in [0.25, 0.3) is 0 Å². The van der Waals surface area contributed by atoms with Crippen molar-refractivity contribution in [2.75, 3.05) is 0 Å². The van der Waals surface area contributed by atoms with E-state index in [4.69, 9.17) is 0 Å². The Morgan fingerprint density at radius 2 is 1.40 bits per heavy atom. The van der Waals surface area contributed by atoms with Crippen molar-refractivity contribution >= 4 is 45.4 Å². The largest absolute Gasteiger partial charge is 0.0801 e. The Kier molecular flexibility index (Phi) is 5.12. The molecule has 0 radical (unpaired) electrons. The smallest absolute Gasteiger partial charge is 0.0784 e. The van der Waals surface area contributed by atoms with Crippen LogP contribution in [-0.4, -0.2) is 24.2 Å². The molecule has 0 spiro atoms. The molecule has 2 aromatic carbocycles. The first-order valence-corrected chi connectivity index (χ1v) is 22.0. The van der Waals surface area contributed by atoms with E-state index in [9.17, 15) is 0 Å². The molecule has 0 aliphatic heterocycles. The van der Waals surface area contributed by atoms with E-state index in [1.54, 1.807) is 43.4 Å². The Morgan fingerprint density at radius 3 is 1.93 bits per heavy atom. The topological polar surface area (TPSA) is 0 Å². The highest BCUT2D eigenvalue weighted by Gasteiger charge is 2.38. The first-order chi connectivity index (χ1) is 13.8. The fourth-order valence-electron chi connectivity index (χ4n) is 5.35. The molecule has 2 aliphatic carbocycles. The molecule has 0 heterocycles. The molecule has 0 saturated heterocycles. The summed E-state index contributed by atoms with van der Waals surface area (Å²) >= 11 is 0. The highest BCUT2D eigenvalue weighted by molar-refractivity contribution is 6.99. The molecule has 158 valence electrons. The number of hydrogen-bond acceptors (Lipinski definition) is 0. The highest BCUT2D eigenvalue weighted by atomic mass is 28.3.